The van der Waals surface area contributed by atoms with Gasteiger partial charge < -0.3 is 9.88 Å². The van der Waals surface area contributed by atoms with E-state index >= 15 is 0 Å². The van der Waals surface area contributed by atoms with Gasteiger partial charge in [0.15, 0.2) is 0 Å². The molecule has 0 aromatic carbocycles. The lowest BCUT2D eigenvalue weighted by Crippen LogP contribution is -2.26. The van der Waals surface area contributed by atoms with E-state index in [1.165, 1.54) is 0 Å². The Hall–Kier alpha value is -0.740. The first-order chi connectivity index (χ1) is 7.54. The maximum Gasteiger partial charge on any atom is 0.268 e. The molecule has 3 nitrogen and oxygen atoms in total. The number of nitrogens with one attached hydrogen (secondary N) is 1. The van der Waals surface area contributed by atoms with Gasteiger partial charge in [-0.2, -0.15) is 0 Å². The average molecular weight is 306 g/mol. The Bertz CT molecular complexity index is 401. The van der Waals surface area contributed by atoms with E-state index in [1.807, 2.05) is 10.8 Å². The van der Waals surface area contributed by atoms with Crippen molar-refractivity contribution in [3.05, 3.63) is 34.0 Å². The second-order valence-electron chi connectivity index (χ2n) is 3.44. The van der Waals surface area contributed by atoms with Crippen LogP contribution in [0.25, 0.3) is 0 Å². The van der Waals surface area contributed by atoms with Crippen molar-refractivity contribution >= 4 is 33.4 Å². The van der Waals surface area contributed by atoms with Crippen molar-refractivity contribution in [2.24, 2.45) is 0 Å². The van der Waals surface area contributed by atoms with Crippen LogP contribution in [0.15, 0.2) is 28.3 Å². The Morgan fingerprint density at radius 1 is 1.69 bits per heavy atom. The lowest BCUT2D eigenvalue weighted by atomic mass is 10.3. The fourth-order valence-electron chi connectivity index (χ4n) is 1.36. The van der Waals surface area contributed by atoms with Gasteiger partial charge >= 0.3 is 0 Å². The van der Waals surface area contributed by atoms with Gasteiger partial charge in [0.05, 0.1) is 6.54 Å². The molecule has 0 saturated heterocycles. The van der Waals surface area contributed by atoms with Crippen LogP contribution in [-0.4, -0.2) is 17.0 Å². The molecule has 1 rings (SSSR count). The van der Waals surface area contributed by atoms with Crippen LogP contribution in [0.2, 0.25) is 0 Å². The van der Waals surface area contributed by atoms with Gasteiger partial charge in [-0.25, -0.2) is 0 Å². The highest BCUT2D eigenvalue weighted by Crippen LogP contribution is 2.15. The lowest BCUT2D eigenvalue weighted by Gasteiger charge is -2.07. The van der Waals surface area contributed by atoms with Crippen LogP contribution in [0.1, 0.15) is 23.8 Å². The third-order valence-electron chi connectivity index (χ3n) is 2.00. The number of nitrogens with zero attached hydrogens (tertiary/aromatic N) is 1. The molecular formula is C11H14BrClN2O. The SMILES string of the molecule is C=C(Cl)CNC(=O)c1cc(Br)cn1CCC. The monoisotopic (exact) mass is 304 g/mol. The second-order valence-corrected chi connectivity index (χ2v) is 4.89. The largest absolute Gasteiger partial charge is 0.346 e. The molecule has 0 fully saturated rings. The molecule has 0 radical (unpaired) electrons. The number of halogens is 2. The minimum absolute atomic E-state index is 0.138. The molecular weight excluding hydrogens is 291 g/mol. The Labute approximate surface area is 109 Å². The molecule has 0 bridgehead atoms. The van der Waals surface area contributed by atoms with E-state index in [9.17, 15) is 4.79 Å². The predicted octanol–water partition coefficient (Wildman–Crippen LogP) is 3.14. The quantitative estimate of drug-likeness (QED) is 0.891. The molecule has 0 saturated carbocycles. The summed E-state index contributed by atoms with van der Waals surface area (Å²) in [7, 11) is 0. The van der Waals surface area contributed by atoms with Gasteiger partial charge in [-0.1, -0.05) is 25.1 Å². The molecule has 0 aliphatic carbocycles. The highest BCUT2D eigenvalue weighted by Gasteiger charge is 2.12. The van der Waals surface area contributed by atoms with Crippen LogP contribution < -0.4 is 5.32 Å². The molecule has 5 heteroatoms. The van der Waals surface area contributed by atoms with Gasteiger partial charge in [-0.05, 0) is 28.4 Å². The van der Waals surface area contributed by atoms with Gasteiger partial charge in [-0.15, -0.1) is 0 Å². The predicted molar refractivity (Wildman–Crippen MR) is 69.7 cm³/mol. The molecule has 1 aromatic heterocycles. The minimum atomic E-state index is -0.138. The highest BCUT2D eigenvalue weighted by atomic mass is 79.9. The van der Waals surface area contributed by atoms with Crippen LogP contribution in [0.3, 0.4) is 0 Å². The van der Waals surface area contributed by atoms with E-state index in [2.05, 4.69) is 34.7 Å². The zero-order valence-electron chi connectivity index (χ0n) is 9.09. The molecule has 16 heavy (non-hydrogen) atoms. The van der Waals surface area contributed by atoms with Gasteiger partial charge in [0, 0.05) is 22.2 Å². The molecule has 1 aromatic rings. The molecule has 0 aliphatic heterocycles. The summed E-state index contributed by atoms with van der Waals surface area (Å²) >= 11 is 8.95. The van der Waals surface area contributed by atoms with Crippen molar-refractivity contribution in [3.63, 3.8) is 0 Å². The standard InChI is InChI=1S/C11H14BrClN2O/c1-3-4-15-7-9(12)5-10(15)11(16)14-6-8(2)13/h5,7H,2-4,6H2,1H3,(H,14,16). The van der Waals surface area contributed by atoms with E-state index in [1.54, 1.807) is 6.07 Å². The third kappa shape index (κ3) is 3.68. The molecule has 1 heterocycles. The van der Waals surface area contributed by atoms with Crippen molar-refractivity contribution in [1.29, 1.82) is 0 Å². The first-order valence-electron chi connectivity index (χ1n) is 5.01. The molecule has 1 N–H and O–H groups in total. The number of rotatable bonds is 5. The van der Waals surface area contributed by atoms with Crippen LogP contribution in [-0.2, 0) is 6.54 Å². The third-order valence-corrected chi connectivity index (χ3v) is 2.57. The van der Waals surface area contributed by atoms with Crippen molar-refractivity contribution in [1.82, 2.24) is 9.88 Å². The average Bonchev–Trinajstić information content (AvgIpc) is 2.56. The lowest BCUT2D eigenvalue weighted by molar-refractivity contribution is 0.0948. The summed E-state index contributed by atoms with van der Waals surface area (Å²) in [6.45, 7) is 6.69. The summed E-state index contributed by atoms with van der Waals surface area (Å²) in [5.74, 6) is -0.138. The fourth-order valence-corrected chi connectivity index (χ4v) is 1.89. The zero-order valence-corrected chi connectivity index (χ0v) is 11.4. The maximum atomic E-state index is 11.8. The van der Waals surface area contributed by atoms with Crippen LogP contribution in [0.4, 0.5) is 0 Å². The fraction of sp³-hybridized carbons (Fsp3) is 0.364. The summed E-state index contributed by atoms with van der Waals surface area (Å²) in [5, 5.41) is 3.12. The van der Waals surface area contributed by atoms with Crippen molar-refractivity contribution in [2.75, 3.05) is 6.54 Å². The molecule has 1 amide bonds. The van der Waals surface area contributed by atoms with Crippen LogP contribution in [0, 0.1) is 0 Å². The Kier molecular flexibility index (Phi) is 5.09. The number of carbonyl (C=O) groups is 1. The summed E-state index contributed by atoms with van der Waals surface area (Å²) in [5.41, 5.74) is 0.631. The normalized spacial score (nSPS) is 10.2. The Morgan fingerprint density at radius 2 is 2.38 bits per heavy atom. The number of amides is 1. The summed E-state index contributed by atoms with van der Waals surface area (Å²) < 4.78 is 2.81. The van der Waals surface area contributed by atoms with E-state index in [0.717, 1.165) is 17.4 Å². The van der Waals surface area contributed by atoms with Gasteiger partial charge in [0.25, 0.3) is 5.91 Å². The molecule has 88 valence electrons. The number of hydrogen-bond donors (Lipinski definition) is 1. The van der Waals surface area contributed by atoms with Crippen molar-refractivity contribution in [2.45, 2.75) is 19.9 Å². The molecule has 0 spiro atoms. The van der Waals surface area contributed by atoms with Gasteiger partial charge in [0.1, 0.15) is 5.69 Å². The van der Waals surface area contributed by atoms with Crippen molar-refractivity contribution < 1.29 is 4.79 Å². The zero-order chi connectivity index (χ0) is 12.1. The molecule has 0 aliphatic rings. The number of aromatic nitrogens is 1. The van der Waals surface area contributed by atoms with Gasteiger partial charge in [0.2, 0.25) is 0 Å². The van der Waals surface area contributed by atoms with Crippen molar-refractivity contribution in [3.8, 4) is 0 Å². The number of carbonyl (C=O) groups excluding carboxylic acids is 1. The first kappa shape index (κ1) is 13.3. The maximum absolute atomic E-state index is 11.8. The van der Waals surface area contributed by atoms with E-state index in [0.29, 0.717) is 10.7 Å². The molecule has 0 atom stereocenters. The highest BCUT2D eigenvalue weighted by molar-refractivity contribution is 9.10. The van der Waals surface area contributed by atoms with E-state index in [-0.39, 0.29) is 12.5 Å². The topological polar surface area (TPSA) is 34.0 Å². The van der Waals surface area contributed by atoms with Crippen LogP contribution in [0.5, 0.6) is 0 Å². The van der Waals surface area contributed by atoms with E-state index < -0.39 is 0 Å². The summed E-state index contributed by atoms with van der Waals surface area (Å²) in [6.07, 6.45) is 2.87. The van der Waals surface area contributed by atoms with E-state index in [4.69, 9.17) is 11.6 Å². The first-order valence-corrected chi connectivity index (χ1v) is 6.18. The number of hydrogen-bond acceptors (Lipinski definition) is 1. The summed E-state index contributed by atoms with van der Waals surface area (Å²) in [6, 6.07) is 1.79. The smallest absolute Gasteiger partial charge is 0.268 e. The minimum Gasteiger partial charge on any atom is -0.346 e. The Morgan fingerprint density at radius 3 is 2.94 bits per heavy atom. The number of aryl methyl sites for hydroxylation is 1. The second kappa shape index (κ2) is 6.11. The summed E-state index contributed by atoms with van der Waals surface area (Å²) in [4.78, 5) is 11.8. The molecule has 0 unspecified atom stereocenters. The van der Waals surface area contributed by atoms with Gasteiger partial charge in [-0.3, -0.25) is 4.79 Å². The Balaban J connectivity index is 2.77. The van der Waals surface area contributed by atoms with Crippen LogP contribution >= 0.6 is 27.5 Å².